The summed E-state index contributed by atoms with van der Waals surface area (Å²) in [5, 5.41) is 6.41. The number of fused-ring (bicyclic) bond motifs is 1. The highest BCUT2D eigenvalue weighted by atomic mass is 16.2. The zero-order chi connectivity index (χ0) is 17.2. The molecule has 1 aromatic carbocycles. The van der Waals surface area contributed by atoms with Crippen LogP contribution in [0.2, 0.25) is 0 Å². The minimum absolute atomic E-state index is 0.119. The van der Waals surface area contributed by atoms with E-state index in [9.17, 15) is 9.59 Å². The molecule has 1 aliphatic carbocycles. The van der Waals surface area contributed by atoms with Gasteiger partial charge in [0.2, 0.25) is 11.8 Å². The Morgan fingerprint density at radius 2 is 1.64 bits per heavy atom. The molecule has 0 radical (unpaired) electrons. The topological polar surface area (TPSA) is 61.4 Å². The van der Waals surface area contributed by atoms with Crippen molar-refractivity contribution in [1.29, 1.82) is 0 Å². The Balaban J connectivity index is 1.30. The van der Waals surface area contributed by atoms with E-state index in [1.165, 1.54) is 0 Å². The number of amides is 2. The van der Waals surface area contributed by atoms with Crippen molar-refractivity contribution < 1.29 is 9.59 Å². The predicted octanol–water partition coefficient (Wildman–Crippen LogP) is 2.04. The largest absolute Gasteiger partial charge is 0.342 e. The van der Waals surface area contributed by atoms with Gasteiger partial charge in [-0.25, -0.2) is 0 Å². The zero-order valence-corrected chi connectivity index (χ0v) is 14.7. The summed E-state index contributed by atoms with van der Waals surface area (Å²) < 4.78 is 0. The van der Waals surface area contributed by atoms with E-state index in [2.05, 4.69) is 10.6 Å². The molecule has 134 valence electrons. The summed E-state index contributed by atoms with van der Waals surface area (Å²) in [5.41, 5.74) is 1.84. The fraction of sp³-hybridized carbons (Fsp3) is 0.600. The number of likely N-dealkylation sites (tertiary alicyclic amines) is 1. The van der Waals surface area contributed by atoms with Gasteiger partial charge in [0, 0.05) is 24.7 Å². The summed E-state index contributed by atoms with van der Waals surface area (Å²) in [5.74, 6) is 2.04. The van der Waals surface area contributed by atoms with Crippen LogP contribution in [0.4, 0.5) is 5.69 Å². The molecular weight excluding hydrogens is 314 g/mol. The third-order valence-electron chi connectivity index (χ3n) is 5.90. The summed E-state index contributed by atoms with van der Waals surface area (Å²) in [4.78, 5) is 26.5. The summed E-state index contributed by atoms with van der Waals surface area (Å²) in [7, 11) is 0. The monoisotopic (exact) mass is 341 g/mol. The van der Waals surface area contributed by atoms with Crippen LogP contribution in [0.1, 0.15) is 31.2 Å². The molecule has 3 fully saturated rings. The third-order valence-corrected chi connectivity index (χ3v) is 5.90. The number of nitrogens with one attached hydrogen (secondary N) is 2. The maximum absolute atomic E-state index is 12.6. The minimum Gasteiger partial charge on any atom is -0.342 e. The Labute approximate surface area is 149 Å². The molecule has 0 spiro atoms. The molecule has 1 saturated carbocycles. The van der Waals surface area contributed by atoms with E-state index in [4.69, 9.17) is 0 Å². The van der Waals surface area contributed by atoms with E-state index < -0.39 is 0 Å². The van der Waals surface area contributed by atoms with Crippen LogP contribution >= 0.6 is 0 Å². The van der Waals surface area contributed by atoms with Crippen molar-refractivity contribution in [1.82, 2.24) is 10.2 Å². The molecular formula is C20H27N3O2. The van der Waals surface area contributed by atoms with Crippen LogP contribution in [-0.2, 0) is 16.0 Å². The number of hydrogen-bond donors (Lipinski definition) is 2. The average Bonchev–Trinajstić information content (AvgIpc) is 3.40. The van der Waals surface area contributed by atoms with E-state index in [1.54, 1.807) is 0 Å². The van der Waals surface area contributed by atoms with Crippen molar-refractivity contribution in [3.05, 3.63) is 29.8 Å². The SMILES string of the molecule is O=C(Nc1ccc(CC(=O)N2CC[C@@H]3CNC[C@@H]3CC2)cc1)C1CC1. The molecule has 2 N–H and O–H groups in total. The lowest BCUT2D eigenvalue weighted by Crippen LogP contribution is -2.33. The van der Waals surface area contributed by atoms with Crippen molar-refractivity contribution >= 4 is 17.5 Å². The fourth-order valence-electron chi connectivity index (χ4n) is 4.05. The molecule has 2 aliphatic heterocycles. The minimum atomic E-state index is 0.119. The standard InChI is InChI=1S/C20H27N3O2/c24-19(23-9-7-16-12-21-13-17(16)8-10-23)11-14-1-5-18(6-2-14)22-20(25)15-3-4-15/h1-2,5-6,15-17,21H,3-4,7-13H2,(H,22,25)/t16-,17+. The van der Waals surface area contributed by atoms with Crippen LogP contribution in [0, 0.1) is 17.8 Å². The lowest BCUT2D eigenvalue weighted by atomic mass is 9.92. The highest BCUT2D eigenvalue weighted by Gasteiger charge is 2.31. The molecule has 4 rings (SSSR count). The lowest BCUT2D eigenvalue weighted by molar-refractivity contribution is -0.130. The second-order valence-corrected chi connectivity index (χ2v) is 7.77. The highest BCUT2D eigenvalue weighted by molar-refractivity contribution is 5.94. The summed E-state index contributed by atoms with van der Waals surface area (Å²) in [6.07, 6.45) is 4.70. The lowest BCUT2D eigenvalue weighted by Gasteiger charge is -2.21. The molecule has 5 heteroatoms. The summed E-state index contributed by atoms with van der Waals surface area (Å²) in [6.45, 7) is 4.00. The van der Waals surface area contributed by atoms with E-state index in [1.807, 2.05) is 29.2 Å². The predicted molar refractivity (Wildman–Crippen MR) is 97.2 cm³/mol. The zero-order valence-electron chi connectivity index (χ0n) is 14.7. The Hall–Kier alpha value is -1.88. The smallest absolute Gasteiger partial charge is 0.227 e. The number of carbonyl (C=O) groups excluding carboxylic acids is 2. The van der Waals surface area contributed by atoms with Crippen molar-refractivity contribution in [2.24, 2.45) is 17.8 Å². The van der Waals surface area contributed by atoms with Crippen molar-refractivity contribution in [3.63, 3.8) is 0 Å². The van der Waals surface area contributed by atoms with Gasteiger partial charge in [-0.2, -0.15) is 0 Å². The van der Waals surface area contributed by atoms with Crippen LogP contribution in [-0.4, -0.2) is 42.9 Å². The first-order chi connectivity index (χ1) is 12.2. The number of rotatable bonds is 4. The Morgan fingerprint density at radius 1 is 1.00 bits per heavy atom. The Morgan fingerprint density at radius 3 is 2.24 bits per heavy atom. The van der Waals surface area contributed by atoms with Gasteiger partial charge in [0.15, 0.2) is 0 Å². The molecule has 25 heavy (non-hydrogen) atoms. The summed E-state index contributed by atoms with van der Waals surface area (Å²) in [6, 6.07) is 7.72. The molecule has 0 aromatic heterocycles. The van der Waals surface area contributed by atoms with Crippen molar-refractivity contribution in [2.45, 2.75) is 32.1 Å². The van der Waals surface area contributed by atoms with Gasteiger partial charge in [0.25, 0.3) is 0 Å². The maximum Gasteiger partial charge on any atom is 0.227 e. The van der Waals surface area contributed by atoms with Crippen LogP contribution in [0.15, 0.2) is 24.3 Å². The molecule has 5 nitrogen and oxygen atoms in total. The van der Waals surface area contributed by atoms with Gasteiger partial charge in [0.1, 0.15) is 0 Å². The first-order valence-electron chi connectivity index (χ1n) is 9.57. The first-order valence-corrected chi connectivity index (χ1v) is 9.57. The number of nitrogens with zero attached hydrogens (tertiary/aromatic N) is 1. The van der Waals surface area contributed by atoms with Crippen LogP contribution < -0.4 is 10.6 Å². The molecule has 2 saturated heterocycles. The number of carbonyl (C=O) groups is 2. The van der Waals surface area contributed by atoms with E-state index in [-0.39, 0.29) is 17.7 Å². The van der Waals surface area contributed by atoms with Gasteiger partial charge in [-0.05, 0) is 68.3 Å². The van der Waals surface area contributed by atoms with Crippen LogP contribution in [0.3, 0.4) is 0 Å². The van der Waals surface area contributed by atoms with E-state index in [0.29, 0.717) is 6.42 Å². The van der Waals surface area contributed by atoms with Gasteiger partial charge in [-0.1, -0.05) is 12.1 Å². The molecule has 0 bridgehead atoms. The molecule has 3 aliphatic rings. The van der Waals surface area contributed by atoms with E-state index in [0.717, 1.165) is 74.9 Å². The molecule has 0 unspecified atom stereocenters. The Bertz CT molecular complexity index is 625. The third kappa shape index (κ3) is 4.03. The van der Waals surface area contributed by atoms with Crippen molar-refractivity contribution in [3.8, 4) is 0 Å². The fourth-order valence-corrected chi connectivity index (χ4v) is 4.05. The summed E-state index contributed by atoms with van der Waals surface area (Å²) >= 11 is 0. The maximum atomic E-state index is 12.6. The first kappa shape index (κ1) is 16.6. The van der Waals surface area contributed by atoms with Gasteiger partial charge >= 0.3 is 0 Å². The van der Waals surface area contributed by atoms with Gasteiger partial charge in [0.05, 0.1) is 6.42 Å². The number of anilines is 1. The normalized spacial score (nSPS) is 26.0. The highest BCUT2D eigenvalue weighted by Crippen LogP contribution is 2.30. The molecule has 2 atom stereocenters. The Kier molecular flexibility index (Phi) is 4.75. The van der Waals surface area contributed by atoms with Crippen molar-refractivity contribution in [2.75, 3.05) is 31.5 Å². The second-order valence-electron chi connectivity index (χ2n) is 7.77. The van der Waals surface area contributed by atoms with Gasteiger partial charge < -0.3 is 15.5 Å². The van der Waals surface area contributed by atoms with E-state index >= 15 is 0 Å². The molecule has 2 heterocycles. The van der Waals surface area contributed by atoms with Gasteiger partial charge in [-0.3, -0.25) is 9.59 Å². The molecule has 2 amide bonds. The second kappa shape index (κ2) is 7.16. The van der Waals surface area contributed by atoms with Crippen LogP contribution in [0.25, 0.3) is 0 Å². The molecule has 1 aromatic rings. The van der Waals surface area contributed by atoms with Gasteiger partial charge in [-0.15, -0.1) is 0 Å². The number of benzene rings is 1. The number of hydrogen-bond acceptors (Lipinski definition) is 3. The quantitative estimate of drug-likeness (QED) is 0.881. The van der Waals surface area contributed by atoms with Crippen LogP contribution in [0.5, 0.6) is 0 Å². The average molecular weight is 341 g/mol.